The van der Waals surface area contributed by atoms with Gasteiger partial charge in [0.1, 0.15) is 0 Å². The standard InChI is InChI=1S/C6H8N8.6C2H5.2Sn/c1(3-5-7-11-12-8-5)2-4-6-9-13-14-10-6;6*1-2;;/h1-4H2;6*1H2,2H3;;/q-2;;;;;;;2*+1. The summed E-state index contributed by atoms with van der Waals surface area (Å²) in [6.07, 6.45) is 3.85. The number of aromatic nitrogens is 8. The molecule has 0 unspecified atom stereocenters. The number of hydrogen-bond donors (Lipinski definition) is 0. The van der Waals surface area contributed by atoms with Gasteiger partial charge in [0.05, 0.1) is 0 Å². The van der Waals surface area contributed by atoms with E-state index in [4.69, 9.17) is 10.2 Å². The Morgan fingerprint density at radius 2 is 0.893 bits per heavy atom. The molecule has 0 radical (unpaired) electrons. The van der Waals surface area contributed by atoms with Crippen LogP contribution in [0.25, 0.3) is 0 Å². The summed E-state index contributed by atoms with van der Waals surface area (Å²) in [4.78, 5) is 0. The maximum atomic E-state index is 4.76. The summed E-state index contributed by atoms with van der Waals surface area (Å²) in [6, 6.07) is 0. The van der Waals surface area contributed by atoms with Crippen molar-refractivity contribution in [3.8, 4) is 0 Å². The Balaban J connectivity index is 1.87. The second kappa shape index (κ2) is 11.2. The number of hydrogen-bond acceptors (Lipinski definition) is 6. The van der Waals surface area contributed by atoms with E-state index in [0.717, 1.165) is 37.3 Å². The van der Waals surface area contributed by atoms with Crippen molar-refractivity contribution in [3.63, 3.8) is 0 Å². The molecule has 2 aromatic rings. The maximum absolute atomic E-state index is 4.76. The molecule has 0 fully saturated rings. The summed E-state index contributed by atoms with van der Waals surface area (Å²) >= 11 is -4.82. The van der Waals surface area contributed by atoms with Crippen LogP contribution in [0.15, 0.2) is 0 Å². The fourth-order valence-corrected chi connectivity index (χ4v) is 20.6. The Morgan fingerprint density at radius 1 is 0.571 bits per heavy atom. The van der Waals surface area contributed by atoms with E-state index >= 15 is 0 Å². The van der Waals surface area contributed by atoms with E-state index < -0.39 is 37.3 Å². The third kappa shape index (κ3) is 5.26. The number of tetrazole rings is 2. The van der Waals surface area contributed by atoms with Crippen LogP contribution in [-0.2, 0) is 12.8 Å². The van der Waals surface area contributed by atoms with Gasteiger partial charge in [-0.15, -0.1) is 0 Å². The van der Waals surface area contributed by atoms with Crippen LogP contribution in [0.1, 0.15) is 66.0 Å². The zero-order valence-electron chi connectivity index (χ0n) is 18.6. The monoisotopic (exact) mass is 606 g/mol. The van der Waals surface area contributed by atoms with Gasteiger partial charge in [0.15, 0.2) is 0 Å². The van der Waals surface area contributed by atoms with Gasteiger partial charge in [-0.25, -0.2) is 0 Å². The molecule has 10 heteroatoms. The van der Waals surface area contributed by atoms with E-state index in [1.54, 1.807) is 0 Å². The van der Waals surface area contributed by atoms with Crippen LogP contribution >= 0.6 is 0 Å². The van der Waals surface area contributed by atoms with E-state index in [2.05, 4.69) is 68.2 Å². The van der Waals surface area contributed by atoms with E-state index in [1.165, 1.54) is 26.6 Å². The normalized spacial score (nSPS) is 12.6. The van der Waals surface area contributed by atoms with Crippen molar-refractivity contribution < 1.29 is 0 Å². The summed E-state index contributed by atoms with van der Waals surface area (Å²) in [7, 11) is 0. The van der Waals surface area contributed by atoms with Gasteiger partial charge in [-0.2, -0.15) is 0 Å². The molecule has 2 heterocycles. The van der Waals surface area contributed by atoms with Gasteiger partial charge in [0.25, 0.3) is 0 Å². The summed E-state index contributed by atoms with van der Waals surface area (Å²) in [5.41, 5.74) is 0. The summed E-state index contributed by atoms with van der Waals surface area (Å²) < 4.78 is 11.5. The minimum atomic E-state index is -2.41. The average Bonchev–Trinajstić information content (AvgIpc) is 3.40. The SMILES string of the molecule is C[CH2][Sn]([CH2]C)([CH2]C)[n]1nnc(CCCCc2nn[n]([Sn]([CH2]C)([CH2]C)[CH2]C)n2)n1. The summed E-state index contributed by atoms with van der Waals surface area (Å²) in [5.74, 6) is 1.79. The summed E-state index contributed by atoms with van der Waals surface area (Å²) in [6.45, 7) is 13.8. The topological polar surface area (TPSA) is 87.2 Å². The van der Waals surface area contributed by atoms with Crippen LogP contribution < -0.4 is 0 Å². The molecule has 2 aromatic heterocycles. The Kier molecular flexibility index (Phi) is 9.62. The molecule has 0 bridgehead atoms. The van der Waals surface area contributed by atoms with Gasteiger partial charge >= 0.3 is 180 Å². The van der Waals surface area contributed by atoms with Gasteiger partial charge in [0, 0.05) is 0 Å². The fraction of sp³-hybridized carbons (Fsp3) is 0.889. The second-order valence-corrected chi connectivity index (χ2v) is 36.1. The van der Waals surface area contributed by atoms with Crippen LogP contribution in [-0.4, -0.2) is 74.2 Å². The Morgan fingerprint density at radius 3 is 1.18 bits per heavy atom. The molecular formula is C18H38N8Sn2. The first kappa shape index (κ1) is 24.0. The molecule has 0 aliphatic carbocycles. The van der Waals surface area contributed by atoms with Gasteiger partial charge in [-0.1, -0.05) is 0 Å². The summed E-state index contributed by atoms with van der Waals surface area (Å²) in [5, 5.41) is 27.1. The zero-order valence-corrected chi connectivity index (χ0v) is 24.4. The molecule has 0 aliphatic heterocycles. The molecule has 0 saturated heterocycles. The van der Waals surface area contributed by atoms with Crippen molar-refractivity contribution >= 4 is 37.3 Å². The van der Waals surface area contributed by atoms with Crippen molar-refractivity contribution in [1.82, 2.24) is 36.9 Å². The first-order valence-electron chi connectivity index (χ1n) is 11.1. The molecule has 0 saturated carbocycles. The molecule has 8 nitrogen and oxygen atoms in total. The Labute approximate surface area is 178 Å². The van der Waals surface area contributed by atoms with Crippen molar-refractivity contribution in [2.75, 3.05) is 0 Å². The number of nitrogens with zero attached hydrogens (tertiary/aromatic N) is 8. The third-order valence-corrected chi connectivity index (χ3v) is 35.2. The van der Waals surface area contributed by atoms with Gasteiger partial charge in [-0.05, 0) is 0 Å². The van der Waals surface area contributed by atoms with Crippen LogP contribution in [0.4, 0.5) is 0 Å². The van der Waals surface area contributed by atoms with E-state index in [0.29, 0.717) is 0 Å². The third-order valence-electron chi connectivity index (χ3n) is 6.76. The molecule has 0 N–H and O–H groups in total. The Hall–Kier alpha value is -0.263. The van der Waals surface area contributed by atoms with Gasteiger partial charge in [0.2, 0.25) is 0 Å². The molecule has 0 aromatic carbocycles. The molecular weight excluding hydrogens is 566 g/mol. The zero-order chi connectivity index (χ0) is 20.6. The molecule has 158 valence electrons. The first-order chi connectivity index (χ1) is 13.5. The average molecular weight is 604 g/mol. The van der Waals surface area contributed by atoms with E-state index in [1.807, 2.05) is 0 Å². The molecule has 28 heavy (non-hydrogen) atoms. The predicted octanol–water partition coefficient (Wildman–Crippen LogP) is 3.93. The van der Waals surface area contributed by atoms with Crippen LogP contribution in [0.3, 0.4) is 0 Å². The van der Waals surface area contributed by atoms with Crippen molar-refractivity contribution in [3.05, 3.63) is 11.6 Å². The number of aryl methyl sites for hydroxylation is 2. The number of unbranched alkanes of at least 4 members (excludes halogenated alkanes) is 1. The quantitative estimate of drug-likeness (QED) is 0.255. The molecule has 0 aliphatic rings. The van der Waals surface area contributed by atoms with Crippen LogP contribution in [0, 0.1) is 0 Å². The minimum absolute atomic E-state index is 0.884. The van der Waals surface area contributed by atoms with Gasteiger partial charge < -0.3 is 0 Å². The van der Waals surface area contributed by atoms with Crippen LogP contribution in [0.2, 0.25) is 26.6 Å². The van der Waals surface area contributed by atoms with Gasteiger partial charge in [-0.3, -0.25) is 0 Å². The van der Waals surface area contributed by atoms with Crippen molar-refractivity contribution in [1.29, 1.82) is 0 Å². The molecule has 0 amide bonds. The van der Waals surface area contributed by atoms with E-state index in [9.17, 15) is 0 Å². The molecule has 2 rings (SSSR count). The second-order valence-electron chi connectivity index (χ2n) is 7.77. The molecule has 0 spiro atoms. The van der Waals surface area contributed by atoms with Crippen molar-refractivity contribution in [2.24, 2.45) is 0 Å². The Bertz CT molecular complexity index is 629. The molecule has 0 atom stereocenters. The van der Waals surface area contributed by atoms with Crippen molar-refractivity contribution in [2.45, 2.75) is 93.8 Å². The fourth-order valence-electron chi connectivity index (χ4n) is 4.00. The number of rotatable bonds is 13. The van der Waals surface area contributed by atoms with E-state index in [-0.39, 0.29) is 0 Å². The first-order valence-corrected chi connectivity index (χ1v) is 25.8. The van der Waals surface area contributed by atoms with Crippen LogP contribution in [0.5, 0.6) is 0 Å². The predicted molar refractivity (Wildman–Crippen MR) is 117 cm³/mol.